The fourth-order valence-electron chi connectivity index (χ4n) is 5.63. The summed E-state index contributed by atoms with van der Waals surface area (Å²) in [6.45, 7) is 0.818. The van der Waals surface area contributed by atoms with Gasteiger partial charge in [0.2, 0.25) is 0 Å². The summed E-state index contributed by atoms with van der Waals surface area (Å²) in [6, 6.07) is 24.4. The first-order valence-corrected chi connectivity index (χ1v) is 16.5. The average molecular weight is 668 g/mol. The largest absolute Gasteiger partial charge is 0.497 e. The van der Waals surface area contributed by atoms with E-state index in [9.17, 15) is 24.2 Å². The second-order valence-electron chi connectivity index (χ2n) is 11.0. The van der Waals surface area contributed by atoms with E-state index in [1.807, 2.05) is 78.9 Å². The molecule has 1 aliphatic rings. The van der Waals surface area contributed by atoms with Gasteiger partial charge < -0.3 is 28.9 Å². The zero-order chi connectivity index (χ0) is 33.6. The number of ether oxygens (including phenoxy) is 4. The summed E-state index contributed by atoms with van der Waals surface area (Å²) in [6.07, 6.45) is -1.61. The lowest BCUT2D eigenvalue weighted by Crippen LogP contribution is -2.39. The smallest absolute Gasteiger partial charge is 0.403 e. The summed E-state index contributed by atoms with van der Waals surface area (Å²) in [5, 5.41) is 11.5. The second-order valence-corrected chi connectivity index (χ2v) is 12.5. The Morgan fingerprint density at radius 2 is 1.53 bits per heavy atom. The molecule has 1 saturated heterocycles. The van der Waals surface area contributed by atoms with Crippen molar-refractivity contribution in [3.05, 3.63) is 128 Å². The molecule has 0 radical (unpaired) electrons. The Kier molecular flexibility index (Phi) is 10.8. The Balaban J connectivity index is 1.58. The minimum atomic E-state index is -4.42. The molecule has 0 aliphatic carbocycles. The van der Waals surface area contributed by atoms with Crippen molar-refractivity contribution in [1.29, 1.82) is 0 Å². The van der Waals surface area contributed by atoms with Crippen molar-refractivity contribution in [2.24, 2.45) is 0 Å². The van der Waals surface area contributed by atoms with Crippen LogP contribution in [0.15, 0.2) is 94.6 Å². The van der Waals surface area contributed by atoms with Gasteiger partial charge in [0, 0.05) is 24.7 Å². The summed E-state index contributed by atoms with van der Waals surface area (Å²) in [5.41, 5.74) is 0.119. The van der Waals surface area contributed by atoms with E-state index in [0.29, 0.717) is 11.5 Å². The van der Waals surface area contributed by atoms with Gasteiger partial charge in [-0.15, -0.1) is 0 Å². The molecule has 0 saturated carbocycles. The minimum absolute atomic E-state index is 0.0197. The van der Waals surface area contributed by atoms with Crippen LogP contribution in [-0.4, -0.2) is 65.7 Å². The standard InChI is InChI=1S/C33H38N3O10P/c1-22-20-36(32(39)35-31(22)38)30-19-28(46-47(40,41)34-17-18-37)29(45-30)21-44-33(23-7-5-4-6-8-23,24-9-13-26(42-2)14-10-24)25-11-15-27(43-3)16-12-25/h4-16,20,28-30,37H,17-19,21H2,1-3H3,(H2,34,40,41)(H,35,38,39)/t28-,29+,30+/m0/s1. The topological polar surface area (TPSA) is 171 Å². The fraction of sp³-hybridized carbons (Fsp3) is 0.333. The van der Waals surface area contributed by atoms with Crippen molar-refractivity contribution in [1.82, 2.24) is 14.6 Å². The summed E-state index contributed by atoms with van der Waals surface area (Å²) in [5.74, 6) is 1.30. The number of hydrogen-bond donors (Lipinski definition) is 4. The third kappa shape index (κ3) is 7.58. The number of hydrogen-bond acceptors (Lipinski definition) is 9. The number of aromatic nitrogens is 2. The molecule has 47 heavy (non-hydrogen) atoms. The van der Waals surface area contributed by atoms with Crippen LogP contribution >= 0.6 is 7.75 Å². The predicted octanol–water partition coefficient (Wildman–Crippen LogP) is 3.23. The van der Waals surface area contributed by atoms with Gasteiger partial charge in [0.05, 0.1) is 27.4 Å². The van der Waals surface area contributed by atoms with Crippen LogP contribution in [0.2, 0.25) is 0 Å². The first-order valence-electron chi connectivity index (χ1n) is 14.9. The first kappa shape index (κ1) is 34.3. The zero-order valence-corrected chi connectivity index (χ0v) is 27.1. The van der Waals surface area contributed by atoms with Gasteiger partial charge in [0.15, 0.2) is 0 Å². The molecule has 4 atom stereocenters. The van der Waals surface area contributed by atoms with E-state index in [1.54, 1.807) is 21.1 Å². The van der Waals surface area contributed by atoms with Gasteiger partial charge in [-0.1, -0.05) is 54.6 Å². The van der Waals surface area contributed by atoms with Crippen molar-refractivity contribution >= 4 is 7.75 Å². The Bertz CT molecular complexity index is 1750. The maximum Gasteiger partial charge on any atom is 0.403 e. The van der Waals surface area contributed by atoms with Crippen molar-refractivity contribution < 1.29 is 38.0 Å². The zero-order valence-electron chi connectivity index (χ0n) is 26.2. The molecule has 5 rings (SSSR count). The number of aliphatic hydroxyl groups is 1. The van der Waals surface area contributed by atoms with E-state index in [4.69, 9.17) is 23.5 Å². The van der Waals surface area contributed by atoms with Crippen LogP contribution in [0.4, 0.5) is 0 Å². The van der Waals surface area contributed by atoms with Gasteiger partial charge in [0.25, 0.3) is 5.56 Å². The third-order valence-corrected chi connectivity index (χ3v) is 9.16. The number of H-pyrrole nitrogens is 1. The Morgan fingerprint density at radius 3 is 2.09 bits per heavy atom. The molecule has 0 bridgehead atoms. The Hall–Kier alpha value is -4.07. The summed E-state index contributed by atoms with van der Waals surface area (Å²) < 4.78 is 43.9. The number of rotatable bonds is 14. The molecule has 4 N–H and O–H groups in total. The Labute approximate surface area is 271 Å². The number of benzene rings is 3. The highest BCUT2D eigenvalue weighted by Crippen LogP contribution is 2.46. The summed E-state index contributed by atoms with van der Waals surface area (Å²) in [4.78, 5) is 37.7. The van der Waals surface area contributed by atoms with Crippen LogP contribution in [0.1, 0.15) is 34.9 Å². The normalized spacial score (nSPS) is 19.3. The van der Waals surface area contributed by atoms with E-state index in [-0.39, 0.29) is 31.7 Å². The lowest BCUT2D eigenvalue weighted by atomic mass is 9.80. The first-order chi connectivity index (χ1) is 22.6. The van der Waals surface area contributed by atoms with E-state index < -0.39 is 43.0 Å². The number of nitrogens with one attached hydrogen (secondary N) is 2. The molecule has 250 valence electrons. The molecule has 2 heterocycles. The molecule has 0 spiro atoms. The number of methoxy groups -OCH3 is 2. The van der Waals surface area contributed by atoms with E-state index in [0.717, 1.165) is 16.7 Å². The maximum atomic E-state index is 12.9. The second kappa shape index (κ2) is 14.8. The fourth-order valence-corrected chi connectivity index (χ4v) is 6.67. The molecular formula is C33H38N3O10P. The lowest BCUT2D eigenvalue weighted by molar-refractivity contribution is -0.0924. The monoisotopic (exact) mass is 667 g/mol. The van der Waals surface area contributed by atoms with Crippen LogP contribution in [-0.2, 0) is 24.2 Å². The van der Waals surface area contributed by atoms with Gasteiger partial charge >= 0.3 is 13.4 Å². The highest BCUT2D eigenvalue weighted by Gasteiger charge is 2.45. The molecule has 3 aromatic carbocycles. The van der Waals surface area contributed by atoms with Gasteiger partial charge in [-0.3, -0.25) is 18.9 Å². The van der Waals surface area contributed by atoms with Gasteiger partial charge in [-0.25, -0.2) is 14.4 Å². The van der Waals surface area contributed by atoms with Crippen LogP contribution in [0, 0.1) is 6.92 Å². The number of aryl methyl sites for hydroxylation is 1. The molecule has 1 aromatic heterocycles. The molecular weight excluding hydrogens is 629 g/mol. The molecule has 14 heteroatoms. The minimum Gasteiger partial charge on any atom is -0.497 e. The lowest BCUT2D eigenvalue weighted by Gasteiger charge is -2.37. The van der Waals surface area contributed by atoms with Crippen molar-refractivity contribution in [2.45, 2.75) is 37.4 Å². The molecule has 13 nitrogen and oxygen atoms in total. The van der Waals surface area contributed by atoms with Crippen LogP contribution < -0.4 is 25.8 Å². The van der Waals surface area contributed by atoms with E-state index in [1.165, 1.54) is 10.8 Å². The van der Waals surface area contributed by atoms with Crippen molar-refractivity contribution in [3.8, 4) is 11.5 Å². The summed E-state index contributed by atoms with van der Waals surface area (Å²) >= 11 is 0. The predicted molar refractivity (Wildman–Crippen MR) is 173 cm³/mol. The number of aromatic amines is 1. The maximum absolute atomic E-state index is 12.9. The molecule has 1 aliphatic heterocycles. The van der Waals surface area contributed by atoms with E-state index in [2.05, 4.69) is 10.1 Å². The Morgan fingerprint density at radius 1 is 0.957 bits per heavy atom. The molecule has 1 unspecified atom stereocenters. The third-order valence-electron chi connectivity index (χ3n) is 7.98. The van der Waals surface area contributed by atoms with Crippen LogP contribution in [0.5, 0.6) is 11.5 Å². The highest BCUT2D eigenvalue weighted by atomic mass is 31.2. The number of nitrogens with zero attached hydrogens (tertiary/aromatic N) is 1. The van der Waals surface area contributed by atoms with Gasteiger partial charge in [-0.2, -0.15) is 0 Å². The quantitative estimate of drug-likeness (QED) is 0.115. The van der Waals surface area contributed by atoms with E-state index >= 15 is 0 Å². The van der Waals surface area contributed by atoms with Gasteiger partial charge in [-0.05, 0) is 47.9 Å². The van der Waals surface area contributed by atoms with Gasteiger partial charge in [0.1, 0.15) is 35.5 Å². The molecule has 4 aromatic rings. The average Bonchev–Trinajstić information content (AvgIpc) is 3.47. The molecule has 1 fully saturated rings. The van der Waals surface area contributed by atoms with Crippen LogP contribution in [0.25, 0.3) is 0 Å². The molecule has 0 amide bonds. The summed E-state index contributed by atoms with van der Waals surface area (Å²) in [7, 11) is -1.26. The SMILES string of the molecule is COc1ccc(C(OC[C@H]2O[C@@H](n3cc(C)c(=O)[nH]c3=O)C[C@@H]2OP(=O)(O)NCCO)(c2ccccc2)c2ccc(OC)cc2)cc1. The number of aliphatic hydroxyl groups excluding tert-OH is 1. The van der Waals surface area contributed by atoms with Crippen LogP contribution in [0.3, 0.4) is 0 Å². The highest BCUT2D eigenvalue weighted by molar-refractivity contribution is 7.50. The van der Waals surface area contributed by atoms with Crippen molar-refractivity contribution in [3.63, 3.8) is 0 Å². The van der Waals surface area contributed by atoms with Crippen molar-refractivity contribution in [2.75, 3.05) is 34.0 Å².